The molecule has 2 atom stereocenters. The number of benzene rings is 1. The molecule has 0 saturated carbocycles. The van der Waals surface area contributed by atoms with Crippen molar-refractivity contribution >= 4 is 0 Å². The molecule has 1 N–H and O–H groups in total. The standard InChI is InChI=1S/C16H27NO3/c1-7-20-16(11(2)3)15(17-4)12-8-13(18-5)10-14(9-12)19-6/h8-11,15-17H,7H2,1-6H3. The third-order valence-electron chi connectivity index (χ3n) is 3.39. The maximum atomic E-state index is 5.91. The average molecular weight is 281 g/mol. The number of methoxy groups -OCH3 is 2. The molecule has 114 valence electrons. The molecule has 0 fully saturated rings. The second kappa shape index (κ2) is 8.12. The van der Waals surface area contributed by atoms with E-state index in [1.54, 1.807) is 14.2 Å². The number of hydrogen-bond donors (Lipinski definition) is 1. The predicted octanol–water partition coefficient (Wildman–Crippen LogP) is 3.03. The summed E-state index contributed by atoms with van der Waals surface area (Å²) in [7, 11) is 5.27. The summed E-state index contributed by atoms with van der Waals surface area (Å²) in [6.07, 6.45) is 0.0989. The first-order valence-electron chi connectivity index (χ1n) is 7.09. The Labute approximate surface area is 122 Å². The molecule has 0 aromatic heterocycles. The van der Waals surface area contributed by atoms with Crippen LogP contribution in [0, 0.1) is 5.92 Å². The van der Waals surface area contributed by atoms with E-state index in [1.165, 1.54) is 0 Å². The molecule has 0 aliphatic rings. The summed E-state index contributed by atoms with van der Waals surface area (Å²) in [6, 6.07) is 6.02. The summed E-state index contributed by atoms with van der Waals surface area (Å²) in [6.45, 7) is 7.06. The van der Waals surface area contributed by atoms with Crippen LogP contribution in [0.25, 0.3) is 0 Å². The Hall–Kier alpha value is -1.26. The van der Waals surface area contributed by atoms with E-state index >= 15 is 0 Å². The maximum Gasteiger partial charge on any atom is 0.122 e. The Bertz CT molecular complexity index is 384. The van der Waals surface area contributed by atoms with Crippen molar-refractivity contribution in [2.24, 2.45) is 5.92 Å². The number of rotatable bonds is 8. The fraction of sp³-hybridized carbons (Fsp3) is 0.625. The summed E-state index contributed by atoms with van der Waals surface area (Å²) >= 11 is 0. The molecular weight excluding hydrogens is 254 g/mol. The van der Waals surface area contributed by atoms with Crippen LogP contribution >= 0.6 is 0 Å². The highest BCUT2D eigenvalue weighted by atomic mass is 16.5. The van der Waals surface area contributed by atoms with Gasteiger partial charge in [0.05, 0.1) is 26.4 Å². The second-order valence-corrected chi connectivity index (χ2v) is 5.08. The van der Waals surface area contributed by atoms with Crippen molar-refractivity contribution in [3.8, 4) is 11.5 Å². The van der Waals surface area contributed by atoms with E-state index in [-0.39, 0.29) is 12.1 Å². The van der Waals surface area contributed by atoms with E-state index in [2.05, 4.69) is 19.2 Å². The molecule has 0 heterocycles. The molecule has 0 amide bonds. The number of hydrogen-bond acceptors (Lipinski definition) is 4. The summed E-state index contributed by atoms with van der Waals surface area (Å²) in [5, 5.41) is 3.35. The molecule has 0 aliphatic carbocycles. The molecule has 2 unspecified atom stereocenters. The van der Waals surface area contributed by atoms with Gasteiger partial charge in [-0.1, -0.05) is 13.8 Å². The molecular formula is C16H27NO3. The SMILES string of the molecule is CCOC(C(C)C)C(NC)c1cc(OC)cc(OC)c1. The first kappa shape index (κ1) is 16.8. The van der Waals surface area contributed by atoms with Gasteiger partial charge in [-0.2, -0.15) is 0 Å². The maximum absolute atomic E-state index is 5.91. The molecule has 1 aromatic rings. The number of ether oxygens (including phenoxy) is 3. The van der Waals surface area contributed by atoms with Crippen molar-refractivity contribution in [3.05, 3.63) is 23.8 Å². The lowest BCUT2D eigenvalue weighted by atomic mass is 9.93. The molecule has 1 rings (SSSR count). The molecule has 0 spiro atoms. The van der Waals surface area contributed by atoms with E-state index in [9.17, 15) is 0 Å². The van der Waals surface area contributed by atoms with Gasteiger partial charge in [-0.3, -0.25) is 0 Å². The fourth-order valence-corrected chi connectivity index (χ4v) is 2.40. The first-order valence-corrected chi connectivity index (χ1v) is 7.09. The Morgan fingerprint density at radius 3 is 1.95 bits per heavy atom. The highest BCUT2D eigenvalue weighted by Crippen LogP contribution is 2.31. The van der Waals surface area contributed by atoms with Gasteiger partial charge in [-0.15, -0.1) is 0 Å². The highest BCUT2D eigenvalue weighted by molar-refractivity contribution is 5.40. The van der Waals surface area contributed by atoms with Crippen molar-refractivity contribution < 1.29 is 14.2 Å². The molecule has 4 nitrogen and oxygen atoms in total. The van der Waals surface area contributed by atoms with E-state index in [4.69, 9.17) is 14.2 Å². The van der Waals surface area contributed by atoms with Gasteiger partial charge in [-0.05, 0) is 37.6 Å². The quantitative estimate of drug-likeness (QED) is 0.795. The summed E-state index contributed by atoms with van der Waals surface area (Å²) in [5.41, 5.74) is 1.11. The minimum Gasteiger partial charge on any atom is -0.497 e. The van der Waals surface area contributed by atoms with Crippen molar-refractivity contribution in [3.63, 3.8) is 0 Å². The van der Waals surface area contributed by atoms with Gasteiger partial charge in [0.2, 0.25) is 0 Å². The first-order chi connectivity index (χ1) is 9.57. The fourth-order valence-electron chi connectivity index (χ4n) is 2.40. The summed E-state index contributed by atoms with van der Waals surface area (Å²) in [5.74, 6) is 1.99. The highest BCUT2D eigenvalue weighted by Gasteiger charge is 2.26. The minimum atomic E-state index is 0.0962. The Kier molecular flexibility index (Phi) is 6.82. The third kappa shape index (κ3) is 4.12. The van der Waals surface area contributed by atoms with Crippen LogP contribution in [0.1, 0.15) is 32.4 Å². The lowest BCUT2D eigenvalue weighted by molar-refractivity contribution is 0.00453. The van der Waals surface area contributed by atoms with Crippen molar-refractivity contribution in [2.75, 3.05) is 27.9 Å². The van der Waals surface area contributed by atoms with E-state index in [1.807, 2.05) is 32.2 Å². The van der Waals surface area contributed by atoms with E-state index in [0.717, 1.165) is 17.1 Å². The van der Waals surface area contributed by atoms with Gasteiger partial charge >= 0.3 is 0 Å². The zero-order valence-corrected chi connectivity index (χ0v) is 13.4. The number of likely N-dealkylation sites (N-methyl/N-ethyl adjacent to an activating group) is 1. The van der Waals surface area contributed by atoms with Crippen LogP contribution in [-0.4, -0.2) is 34.0 Å². The monoisotopic (exact) mass is 281 g/mol. The van der Waals surface area contributed by atoms with Gasteiger partial charge in [-0.25, -0.2) is 0 Å². The van der Waals surface area contributed by atoms with Gasteiger partial charge < -0.3 is 19.5 Å². The van der Waals surface area contributed by atoms with Crippen LogP contribution in [0.5, 0.6) is 11.5 Å². The van der Waals surface area contributed by atoms with Gasteiger partial charge in [0.1, 0.15) is 11.5 Å². The molecule has 0 aliphatic heterocycles. The minimum absolute atomic E-state index is 0.0962. The van der Waals surface area contributed by atoms with Crippen LogP contribution in [0.3, 0.4) is 0 Å². The molecule has 0 bridgehead atoms. The lowest BCUT2D eigenvalue weighted by Gasteiger charge is -2.30. The zero-order valence-electron chi connectivity index (χ0n) is 13.4. The van der Waals surface area contributed by atoms with Crippen LogP contribution in [-0.2, 0) is 4.74 Å². The predicted molar refractivity (Wildman–Crippen MR) is 81.6 cm³/mol. The van der Waals surface area contributed by atoms with E-state index < -0.39 is 0 Å². The van der Waals surface area contributed by atoms with Gasteiger partial charge in [0.25, 0.3) is 0 Å². The van der Waals surface area contributed by atoms with Crippen molar-refractivity contribution in [1.82, 2.24) is 5.32 Å². The van der Waals surface area contributed by atoms with Gasteiger partial charge in [0, 0.05) is 12.7 Å². The Morgan fingerprint density at radius 2 is 1.60 bits per heavy atom. The van der Waals surface area contributed by atoms with Gasteiger partial charge in [0.15, 0.2) is 0 Å². The van der Waals surface area contributed by atoms with Crippen molar-refractivity contribution in [2.45, 2.75) is 32.9 Å². The Balaban J connectivity index is 3.15. The molecule has 20 heavy (non-hydrogen) atoms. The zero-order chi connectivity index (χ0) is 15.1. The van der Waals surface area contributed by atoms with Crippen molar-refractivity contribution in [1.29, 1.82) is 0 Å². The van der Waals surface area contributed by atoms with Crippen LogP contribution < -0.4 is 14.8 Å². The normalized spacial score (nSPS) is 14.2. The molecule has 0 radical (unpaired) electrons. The van der Waals surface area contributed by atoms with Crippen LogP contribution in [0.15, 0.2) is 18.2 Å². The average Bonchev–Trinajstić information content (AvgIpc) is 2.46. The topological polar surface area (TPSA) is 39.7 Å². The van der Waals surface area contributed by atoms with Crippen LogP contribution in [0.4, 0.5) is 0 Å². The largest absolute Gasteiger partial charge is 0.497 e. The van der Waals surface area contributed by atoms with Crippen LogP contribution in [0.2, 0.25) is 0 Å². The Morgan fingerprint density at radius 1 is 1.05 bits per heavy atom. The molecule has 4 heteroatoms. The number of nitrogens with one attached hydrogen (secondary N) is 1. The third-order valence-corrected chi connectivity index (χ3v) is 3.39. The molecule has 1 aromatic carbocycles. The smallest absolute Gasteiger partial charge is 0.122 e. The summed E-state index contributed by atoms with van der Waals surface area (Å²) in [4.78, 5) is 0. The summed E-state index contributed by atoms with van der Waals surface area (Å²) < 4.78 is 16.6. The lowest BCUT2D eigenvalue weighted by Crippen LogP contribution is -2.35. The second-order valence-electron chi connectivity index (χ2n) is 5.08. The van der Waals surface area contributed by atoms with E-state index in [0.29, 0.717) is 12.5 Å². The molecule has 0 saturated heterocycles.